The van der Waals surface area contributed by atoms with Gasteiger partial charge < -0.3 is 17.9 Å². The number of aromatic nitrogens is 2. The second-order valence-electron chi connectivity index (χ2n) is 6.13. The second kappa shape index (κ2) is 10.1. The Morgan fingerprint density at radius 3 is 1.76 bits per heavy atom. The molecule has 0 aliphatic heterocycles. The largest absolute Gasteiger partial charge is 2.00 e. The van der Waals surface area contributed by atoms with Crippen LogP contribution in [0.3, 0.4) is 0 Å². The molecule has 3 aromatic carbocycles. The van der Waals surface area contributed by atoms with Crippen molar-refractivity contribution in [3.8, 4) is 0 Å². The van der Waals surface area contributed by atoms with E-state index in [1.165, 1.54) is 10.8 Å². The van der Waals surface area contributed by atoms with Crippen LogP contribution in [0.15, 0.2) is 103 Å². The first-order chi connectivity index (χ1) is 13.9. The molecule has 0 N–H and O–H groups in total. The van der Waals surface area contributed by atoms with Gasteiger partial charge in [-0.25, -0.2) is 11.6 Å². The van der Waals surface area contributed by atoms with E-state index in [-0.39, 0.29) is 21.1 Å². The molecule has 5 rings (SSSR count). The van der Waals surface area contributed by atoms with Crippen molar-refractivity contribution in [1.29, 1.82) is 0 Å². The molecule has 2 aromatic heterocycles. The normalized spacial score (nSPS) is 10.5. The molecule has 2 heterocycles. The van der Waals surface area contributed by atoms with Gasteiger partial charge in [-0.3, -0.25) is 9.97 Å². The Labute approximate surface area is 189 Å². The van der Waals surface area contributed by atoms with E-state index >= 15 is 0 Å². The van der Waals surface area contributed by atoms with Crippen LogP contribution in [0.1, 0.15) is 0 Å². The van der Waals surface area contributed by atoms with Crippen LogP contribution in [0.4, 0.5) is 5.69 Å². The number of nitrogens with zero attached hydrogens (tertiary/aromatic N) is 3. The molecule has 0 aliphatic rings. The first-order valence-corrected chi connectivity index (χ1v) is 9.38. The van der Waals surface area contributed by atoms with E-state index in [9.17, 15) is 0 Å². The summed E-state index contributed by atoms with van der Waals surface area (Å²) < 4.78 is 0. The van der Waals surface area contributed by atoms with E-state index in [4.69, 9.17) is 0 Å². The number of pyridine rings is 2. The van der Waals surface area contributed by atoms with Crippen molar-refractivity contribution in [1.82, 2.24) is 9.97 Å². The molecule has 5 aromatic rings. The molecule has 5 heteroatoms. The summed E-state index contributed by atoms with van der Waals surface area (Å²) in [4.78, 5) is 9.04. The molecule has 0 amide bonds. The minimum absolute atomic E-state index is 0. The molecule has 0 spiro atoms. The number of hydrogen-bond donors (Lipinski definition) is 0. The summed E-state index contributed by atoms with van der Waals surface area (Å²) in [5.41, 5.74) is 2.99. The van der Waals surface area contributed by atoms with Gasteiger partial charge in [0.1, 0.15) is 0 Å². The van der Waals surface area contributed by atoms with Gasteiger partial charge in [0, 0.05) is 28.6 Å². The average Bonchev–Trinajstić information content (AvgIpc) is 2.78. The van der Waals surface area contributed by atoms with E-state index < -0.39 is 0 Å². The maximum Gasteiger partial charge on any atom is 2.00 e. The number of fused-ring (bicyclic) bond motifs is 5. The molecule has 144 valence electrons. The summed E-state index contributed by atoms with van der Waals surface area (Å²) in [5, 5.41) is 10.2. The molecule has 0 saturated heterocycles. The third-order valence-corrected chi connectivity index (χ3v) is 4.49. The van der Waals surface area contributed by atoms with Gasteiger partial charge in [-0.05, 0) is 17.5 Å². The molecule has 0 unspecified atom stereocenters. The quantitative estimate of drug-likeness (QED) is 0.175. The van der Waals surface area contributed by atoms with Crippen molar-refractivity contribution in [2.24, 2.45) is 0 Å². The smallest absolute Gasteiger partial charge is 0.789 e. The van der Waals surface area contributed by atoms with Crippen LogP contribution in [0.25, 0.3) is 37.9 Å². The Morgan fingerprint density at radius 2 is 1.21 bits per heavy atom. The fraction of sp³-hybridized carbons (Fsp3) is 0. The summed E-state index contributed by atoms with van der Waals surface area (Å²) in [6, 6.07) is 26.3. The van der Waals surface area contributed by atoms with E-state index in [2.05, 4.69) is 64.3 Å². The van der Waals surface area contributed by atoms with Crippen molar-refractivity contribution in [3.05, 3.63) is 108 Å². The summed E-state index contributed by atoms with van der Waals surface area (Å²) in [5.74, 6) is 0. The van der Waals surface area contributed by atoms with Gasteiger partial charge >= 0.3 is 21.1 Å². The minimum Gasteiger partial charge on any atom is -0.789 e. The van der Waals surface area contributed by atoms with Gasteiger partial charge in [0.05, 0.1) is 11.0 Å². The molecule has 29 heavy (non-hydrogen) atoms. The number of para-hydroxylation sites is 1. The first kappa shape index (κ1) is 20.9. The number of hydrogen-bond acceptors (Lipinski definition) is 3. The van der Waals surface area contributed by atoms with E-state index in [1.807, 2.05) is 54.9 Å². The zero-order chi connectivity index (χ0) is 19.2. The zero-order valence-electron chi connectivity index (χ0n) is 15.4. The Morgan fingerprint density at radius 1 is 0.655 bits per heavy atom. The summed E-state index contributed by atoms with van der Waals surface area (Å²) in [6.07, 6.45) is 5.28. The monoisotopic (exact) mass is 574 g/mol. The Bertz CT molecular complexity index is 1190. The fourth-order valence-electron chi connectivity index (χ4n) is 3.12. The van der Waals surface area contributed by atoms with Crippen LogP contribution in [-0.2, 0) is 33.7 Å². The molecular formula is C24H17N3PtS. The van der Waals surface area contributed by atoms with Crippen molar-refractivity contribution < 1.29 is 21.1 Å². The summed E-state index contributed by atoms with van der Waals surface area (Å²) in [6.45, 7) is 0. The molecule has 3 nitrogen and oxygen atoms in total. The van der Waals surface area contributed by atoms with Crippen LogP contribution in [0, 0.1) is 0 Å². The SMILES string of the molecule is [Pt+2].[S-]/C=C\[N-]c1ccccc1.c1cnc2c(c1)ccc1ccc3cccnc3c12. The van der Waals surface area contributed by atoms with Crippen LogP contribution in [0.2, 0.25) is 0 Å². The van der Waals surface area contributed by atoms with Gasteiger partial charge in [-0.2, -0.15) is 0 Å². The third kappa shape index (κ3) is 4.79. The van der Waals surface area contributed by atoms with Crippen molar-refractivity contribution in [2.45, 2.75) is 0 Å². The average molecular weight is 575 g/mol. The molecular weight excluding hydrogens is 557 g/mol. The predicted octanol–water partition coefficient (Wildman–Crippen LogP) is 6.64. The minimum atomic E-state index is 0. The van der Waals surface area contributed by atoms with Gasteiger partial charge in [0.2, 0.25) is 0 Å². The Hall–Kier alpha value is -2.81. The van der Waals surface area contributed by atoms with Crippen LogP contribution in [-0.4, -0.2) is 9.97 Å². The standard InChI is InChI=1S/C16H10N2.C8H8NS.Pt/c1-3-12-7-5-11-6-8-13-4-2-10-18-16(13)14(11)15(12)17-9-1;10-7-6-9-8-4-2-1-3-5-8;/h1-10H;1-7,10H;/q;-1;+2/p-1/b;7-6-;. The second-order valence-corrected chi connectivity index (χ2v) is 6.40. The molecule has 0 radical (unpaired) electrons. The van der Waals surface area contributed by atoms with Crippen LogP contribution >= 0.6 is 0 Å². The predicted molar refractivity (Wildman–Crippen MR) is 121 cm³/mol. The number of rotatable bonds is 2. The summed E-state index contributed by atoms with van der Waals surface area (Å²) >= 11 is 4.58. The van der Waals surface area contributed by atoms with E-state index in [0.29, 0.717) is 0 Å². The van der Waals surface area contributed by atoms with E-state index in [0.717, 1.165) is 32.9 Å². The first-order valence-electron chi connectivity index (χ1n) is 8.91. The molecule has 0 saturated carbocycles. The summed E-state index contributed by atoms with van der Waals surface area (Å²) in [7, 11) is 0. The topological polar surface area (TPSA) is 39.9 Å². The van der Waals surface area contributed by atoms with Gasteiger partial charge in [-0.15, -0.1) is 5.69 Å². The van der Waals surface area contributed by atoms with Crippen LogP contribution in [0.5, 0.6) is 0 Å². The van der Waals surface area contributed by atoms with E-state index in [1.54, 1.807) is 6.20 Å². The third-order valence-electron chi connectivity index (χ3n) is 4.37. The fourth-order valence-corrected chi connectivity index (χ4v) is 3.18. The molecule has 0 fully saturated rings. The van der Waals surface area contributed by atoms with Gasteiger partial charge in [0.25, 0.3) is 0 Å². The Balaban J connectivity index is 0.000000189. The molecule has 0 bridgehead atoms. The van der Waals surface area contributed by atoms with Gasteiger partial charge in [0.15, 0.2) is 0 Å². The maximum atomic E-state index is 4.58. The van der Waals surface area contributed by atoms with Crippen molar-refractivity contribution in [3.63, 3.8) is 0 Å². The number of benzene rings is 3. The van der Waals surface area contributed by atoms with Crippen LogP contribution < -0.4 is 0 Å². The Kier molecular flexibility index (Phi) is 7.29. The molecule has 0 atom stereocenters. The zero-order valence-corrected chi connectivity index (χ0v) is 18.5. The van der Waals surface area contributed by atoms with Gasteiger partial charge in [-0.1, -0.05) is 66.7 Å². The molecule has 0 aliphatic carbocycles. The van der Waals surface area contributed by atoms with Crippen molar-refractivity contribution >= 4 is 50.9 Å². The maximum absolute atomic E-state index is 4.58. The van der Waals surface area contributed by atoms with Crippen molar-refractivity contribution in [2.75, 3.05) is 0 Å².